The Hall–Kier alpha value is -4.65. The zero-order valence-corrected chi connectivity index (χ0v) is 23.6. The van der Waals surface area contributed by atoms with Gasteiger partial charge in [-0.3, -0.25) is 0 Å². The molecule has 1 unspecified atom stereocenters. The van der Waals surface area contributed by atoms with E-state index in [4.69, 9.17) is 0 Å². The average Bonchev–Trinajstić information content (AvgIpc) is 3.56. The van der Waals surface area contributed by atoms with Crippen LogP contribution in [0.5, 0.6) is 5.75 Å². The van der Waals surface area contributed by atoms with E-state index in [1.54, 1.807) is 24.3 Å². The van der Waals surface area contributed by atoms with Gasteiger partial charge < -0.3 is 9.64 Å². The highest BCUT2D eigenvalue weighted by Crippen LogP contribution is 2.34. The van der Waals surface area contributed by atoms with E-state index in [2.05, 4.69) is 42.2 Å². The number of aryl methyl sites for hydroxylation is 2. The highest BCUT2D eigenvalue weighted by Gasteiger charge is 2.31. The molecule has 1 aromatic heterocycles. The van der Waals surface area contributed by atoms with E-state index >= 15 is 0 Å². The van der Waals surface area contributed by atoms with Gasteiger partial charge in [-0.05, 0) is 61.7 Å². The van der Waals surface area contributed by atoms with E-state index in [0.717, 1.165) is 33.7 Å². The van der Waals surface area contributed by atoms with Crippen molar-refractivity contribution in [2.24, 2.45) is 10.1 Å². The SMILES string of the molecule is Cc1cccc(C)c1N1/C(=N/C(=O)N/N=C/c2ccc(-c3ncn(-c4ccc(OC(F)(F)F)cc4)n3)cc2)SCC1C. The Labute approximate surface area is 244 Å². The Morgan fingerprint density at radius 3 is 2.43 bits per heavy atom. The number of thioether (sulfide) groups is 1. The molecule has 5 rings (SSSR count). The normalized spacial score (nSPS) is 16.4. The van der Waals surface area contributed by atoms with Crippen molar-refractivity contribution in [1.29, 1.82) is 0 Å². The molecule has 42 heavy (non-hydrogen) atoms. The number of alkyl halides is 3. The molecule has 0 spiro atoms. The highest BCUT2D eigenvalue weighted by atomic mass is 32.2. The van der Waals surface area contributed by atoms with Crippen molar-refractivity contribution in [3.05, 3.63) is 89.7 Å². The molecule has 4 aromatic rings. The van der Waals surface area contributed by atoms with Crippen molar-refractivity contribution < 1.29 is 22.7 Å². The number of rotatable bonds is 6. The van der Waals surface area contributed by atoms with Crippen LogP contribution in [0, 0.1) is 13.8 Å². The average molecular weight is 594 g/mol. The van der Waals surface area contributed by atoms with Gasteiger partial charge in [-0.25, -0.2) is 19.9 Å². The van der Waals surface area contributed by atoms with Crippen LogP contribution in [0.4, 0.5) is 23.7 Å². The molecular formula is C29H26F3N7O2S. The molecule has 1 aliphatic rings. The second-order valence-corrected chi connectivity index (χ2v) is 10.5. The monoisotopic (exact) mass is 593 g/mol. The van der Waals surface area contributed by atoms with E-state index in [0.29, 0.717) is 16.7 Å². The summed E-state index contributed by atoms with van der Waals surface area (Å²) in [6, 6.07) is 18.2. The van der Waals surface area contributed by atoms with Crippen molar-refractivity contribution in [3.8, 4) is 22.8 Å². The number of hydrazone groups is 1. The molecule has 2 amide bonds. The summed E-state index contributed by atoms with van der Waals surface area (Å²) in [6.07, 6.45) is -1.78. The number of carbonyl (C=O) groups excluding carboxylic acids is 1. The van der Waals surface area contributed by atoms with Gasteiger partial charge in [0, 0.05) is 23.0 Å². The summed E-state index contributed by atoms with van der Waals surface area (Å²) in [5.74, 6) is 0.931. The van der Waals surface area contributed by atoms with Crippen LogP contribution in [0.15, 0.2) is 83.2 Å². The summed E-state index contributed by atoms with van der Waals surface area (Å²) < 4.78 is 42.5. The van der Waals surface area contributed by atoms with Crippen LogP contribution in [-0.2, 0) is 0 Å². The summed E-state index contributed by atoms with van der Waals surface area (Å²) in [5.41, 5.74) is 7.74. The predicted octanol–water partition coefficient (Wildman–Crippen LogP) is 6.49. The Balaban J connectivity index is 1.20. The van der Waals surface area contributed by atoms with Gasteiger partial charge in [-0.2, -0.15) is 10.1 Å². The maximum atomic E-state index is 12.6. The Kier molecular flexibility index (Phi) is 8.29. The minimum atomic E-state index is -4.75. The van der Waals surface area contributed by atoms with E-state index in [1.165, 1.54) is 53.3 Å². The van der Waals surface area contributed by atoms with E-state index < -0.39 is 12.4 Å². The molecule has 1 N–H and O–H groups in total. The van der Waals surface area contributed by atoms with Gasteiger partial charge >= 0.3 is 12.4 Å². The predicted molar refractivity (Wildman–Crippen MR) is 157 cm³/mol. The number of amidine groups is 1. The third-order valence-electron chi connectivity index (χ3n) is 6.35. The lowest BCUT2D eigenvalue weighted by molar-refractivity contribution is -0.274. The number of ether oxygens (including phenoxy) is 1. The molecule has 9 nitrogen and oxygen atoms in total. The van der Waals surface area contributed by atoms with Crippen molar-refractivity contribution in [2.45, 2.75) is 33.2 Å². The first-order chi connectivity index (χ1) is 20.1. The molecule has 0 bridgehead atoms. The highest BCUT2D eigenvalue weighted by molar-refractivity contribution is 8.14. The van der Waals surface area contributed by atoms with Crippen molar-refractivity contribution in [3.63, 3.8) is 0 Å². The first-order valence-corrected chi connectivity index (χ1v) is 13.8. The number of amides is 2. The number of hydrogen-bond acceptors (Lipinski definition) is 6. The van der Waals surface area contributed by atoms with Gasteiger partial charge in [0.2, 0.25) is 0 Å². The quantitative estimate of drug-likeness (QED) is 0.203. The molecule has 1 atom stereocenters. The number of aromatic nitrogens is 3. The van der Waals surface area contributed by atoms with E-state index in [9.17, 15) is 18.0 Å². The van der Waals surface area contributed by atoms with Crippen LogP contribution in [0.25, 0.3) is 17.1 Å². The smallest absolute Gasteiger partial charge is 0.406 e. The fraction of sp³-hybridized carbons (Fsp3) is 0.207. The van der Waals surface area contributed by atoms with Gasteiger partial charge in [0.15, 0.2) is 11.0 Å². The Bertz CT molecular complexity index is 1610. The number of anilines is 1. The van der Waals surface area contributed by atoms with Crippen molar-refractivity contribution in [2.75, 3.05) is 10.7 Å². The van der Waals surface area contributed by atoms with Crippen LogP contribution in [0.3, 0.4) is 0 Å². The lowest BCUT2D eigenvalue weighted by Crippen LogP contribution is -2.33. The molecule has 216 valence electrons. The summed E-state index contributed by atoms with van der Waals surface area (Å²) in [5, 5.41) is 9.06. The molecule has 2 heterocycles. The fourth-order valence-corrected chi connectivity index (χ4v) is 5.53. The van der Waals surface area contributed by atoms with Gasteiger partial charge in [0.05, 0.1) is 11.9 Å². The number of benzene rings is 3. The lowest BCUT2D eigenvalue weighted by atomic mass is 10.1. The molecule has 13 heteroatoms. The van der Waals surface area contributed by atoms with Crippen LogP contribution < -0.4 is 15.1 Å². The maximum absolute atomic E-state index is 12.6. The molecule has 0 saturated carbocycles. The Morgan fingerprint density at radius 1 is 1.07 bits per heavy atom. The molecule has 1 saturated heterocycles. The molecule has 0 radical (unpaired) electrons. The van der Waals surface area contributed by atoms with Gasteiger partial charge in [0.25, 0.3) is 0 Å². The van der Waals surface area contributed by atoms with Crippen LogP contribution in [0.1, 0.15) is 23.6 Å². The second kappa shape index (κ2) is 12.1. The zero-order valence-electron chi connectivity index (χ0n) is 22.8. The molecule has 1 aliphatic heterocycles. The zero-order chi connectivity index (χ0) is 29.9. The van der Waals surface area contributed by atoms with Crippen molar-refractivity contribution >= 4 is 34.9 Å². The van der Waals surface area contributed by atoms with Crippen molar-refractivity contribution in [1.82, 2.24) is 20.2 Å². The Morgan fingerprint density at radius 2 is 1.76 bits per heavy atom. The summed E-state index contributed by atoms with van der Waals surface area (Å²) >= 11 is 1.53. The number of para-hydroxylation sites is 1. The van der Waals surface area contributed by atoms with E-state index in [-0.39, 0.29) is 11.8 Å². The topological polar surface area (TPSA) is 97.0 Å². The number of nitrogens with one attached hydrogen (secondary N) is 1. The largest absolute Gasteiger partial charge is 0.573 e. The molecule has 1 fully saturated rings. The first kappa shape index (κ1) is 28.9. The number of nitrogens with zero attached hydrogens (tertiary/aromatic N) is 6. The third-order valence-corrected chi connectivity index (χ3v) is 7.54. The van der Waals surface area contributed by atoms with Crippen LogP contribution >= 0.6 is 11.8 Å². The van der Waals surface area contributed by atoms with Gasteiger partial charge in [-0.15, -0.1) is 18.3 Å². The van der Waals surface area contributed by atoms with Crippen LogP contribution in [0.2, 0.25) is 0 Å². The third kappa shape index (κ3) is 6.79. The molecule has 0 aliphatic carbocycles. The summed E-state index contributed by atoms with van der Waals surface area (Å²) in [7, 11) is 0. The number of urea groups is 1. The van der Waals surface area contributed by atoms with E-state index in [1.807, 2.05) is 32.0 Å². The van der Waals surface area contributed by atoms with Gasteiger partial charge in [0.1, 0.15) is 12.1 Å². The standard InChI is InChI=1S/C29H26F3N7O2S/c1-18-5-4-6-19(2)25(18)39-20(3)16-42-28(39)35-27(40)36-34-15-21-7-9-22(10-8-21)26-33-17-38(37-26)23-11-13-24(14-12-23)41-29(30,31)32/h4-15,17,20H,16H2,1-3H3,(H,36,40)/b34-15+,35-28-. The summed E-state index contributed by atoms with van der Waals surface area (Å²) in [6.45, 7) is 6.20. The lowest BCUT2D eigenvalue weighted by Gasteiger charge is -2.26. The fourth-order valence-electron chi connectivity index (χ4n) is 4.43. The number of aliphatic imine (C=N–C) groups is 1. The second-order valence-electron chi connectivity index (χ2n) is 9.52. The minimum Gasteiger partial charge on any atom is -0.406 e. The first-order valence-electron chi connectivity index (χ1n) is 12.9. The number of halogens is 3. The maximum Gasteiger partial charge on any atom is 0.573 e. The summed E-state index contributed by atoms with van der Waals surface area (Å²) in [4.78, 5) is 23.2. The number of carbonyl (C=O) groups is 1. The molecular weight excluding hydrogens is 567 g/mol. The number of hydrogen-bond donors (Lipinski definition) is 1. The molecule has 3 aromatic carbocycles. The van der Waals surface area contributed by atoms with Crippen LogP contribution in [-0.4, -0.2) is 50.3 Å². The van der Waals surface area contributed by atoms with Gasteiger partial charge in [-0.1, -0.05) is 54.2 Å². The minimum absolute atomic E-state index is 0.197.